The van der Waals surface area contributed by atoms with Crippen LogP contribution >= 0.6 is 11.8 Å². The average molecular weight is 259 g/mol. The highest BCUT2D eigenvalue weighted by molar-refractivity contribution is 8.13. The molecule has 0 saturated carbocycles. The molecule has 0 spiro atoms. The van der Waals surface area contributed by atoms with Crippen LogP contribution < -0.4 is 11.3 Å². The molecule has 0 aromatic carbocycles. The predicted octanol–water partition coefficient (Wildman–Crippen LogP) is 0.622. The summed E-state index contributed by atoms with van der Waals surface area (Å²) in [6.45, 7) is 0.453. The lowest BCUT2D eigenvalue weighted by molar-refractivity contribution is -0.127. The van der Waals surface area contributed by atoms with Gasteiger partial charge in [0, 0.05) is 25.1 Å². The molecule has 1 rings (SSSR count). The van der Waals surface area contributed by atoms with Crippen LogP contribution in [0.2, 0.25) is 0 Å². The molecule has 1 heterocycles. The summed E-state index contributed by atoms with van der Waals surface area (Å²) in [6.07, 6.45) is 3.07. The van der Waals surface area contributed by atoms with E-state index in [1.165, 1.54) is 16.7 Å². The average Bonchev–Trinajstić information content (AvgIpc) is 2.31. The van der Waals surface area contributed by atoms with Gasteiger partial charge >= 0.3 is 0 Å². The van der Waals surface area contributed by atoms with E-state index in [9.17, 15) is 14.4 Å². The van der Waals surface area contributed by atoms with Crippen LogP contribution in [0.25, 0.3) is 0 Å². The lowest BCUT2D eigenvalue weighted by Crippen LogP contribution is -2.38. The Morgan fingerprint density at radius 1 is 1.35 bits per heavy atom. The van der Waals surface area contributed by atoms with Crippen LogP contribution in [0.4, 0.5) is 4.79 Å². The standard InChI is InChI=1S/C10H17N3O3S/c11-12-8(14)4-2-1-3-6-13-9(15)5-7-17-10(13)16/h1-7,11H2,(H,12,14). The number of hydrazine groups is 1. The van der Waals surface area contributed by atoms with E-state index in [2.05, 4.69) is 5.43 Å². The highest BCUT2D eigenvalue weighted by Crippen LogP contribution is 2.18. The molecule has 0 unspecified atom stereocenters. The van der Waals surface area contributed by atoms with Gasteiger partial charge in [0.25, 0.3) is 5.24 Å². The Hall–Kier alpha value is -1.08. The van der Waals surface area contributed by atoms with E-state index < -0.39 is 0 Å². The highest BCUT2D eigenvalue weighted by atomic mass is 32.2. The molecular weight excluding hydrogens is 242 g/mol. The third-order valence-electron chi connectivity index (χ3n) is 2.51. The summed E-state index contributed by atoms with van der Waals surface area (Å²) in [5.41, 5.74) is 2.06. The lowest BCUT2D eigenvalue weighted by Gasteiger charge is -2.23. The second-order valence-electron chi connectivity index (χ2n) is 3.79. The van der Waals surface area contributed by atoms with E-state index in [-0.39, 0.29) is 17.1 Å². The molecule has 3 N–H and O–H groups in total. The molecule has 1 saturated heterocycles. The first-order chi connectivity index (χ1) is 8.15. The van der Waals surface area contributed by atoms with Gasteiger partial charge < -0.3 is 0 Å². The molecular formula is C10H17N3O3S. The molecule has 1 aliphatic heterocycles. The molecule has 0 bridgehead atoms. The van der Waals surface area contributed by atoms with Crippen molar-refractivity contribution < 1.29 is 14.4 Å². The summed E-state index contributed by atoms with van der Waals surface area (Å²) in [5.74, 6) is 5.25. The summed E-state index contributed by atoms with van der Waals surface area (Å²) in [7, 11) is 0. The Morgan fingerprint density at radius 2 is 2.12 bits per heavy atom. The molecule has 96 valence electrons. The van der Waals surface area contributed by atoms with Crippen molar-refractivity contribution >= 4 is 28.8 Å². The molecule has 0 aliphatic carbocycles. The third kappa shape index (κ3) is 4.74. The van der Waals surface area contributed by atoms with E-state index in [1.54, 1.807) is 0 Å². The minimum Gasteiger partial charge on any atom is -0.294 e. The number of amides is 3. The maximum atomic E-state index is 11.4. The van der Waals surface area contributed by atoms with Gasteiger partial charge in [0.2, 0.25) is 11.8 Å². The molecule has 0 atom stereocenters. The van der Waals surface area contributed by atoms with Crippen LogP contribution in [0.3, 0.4) is 0 Å². The fraction of sp³-hybridized carbons (Fsp3) is 0.700. The number of thioether (sulfide) groups is 1. The number of nitrogens with one attached hydrogen (secondary N) is 1. The molecule has 17 heavy (non-hydrogen) atoms. The van der Waals surface area contributed by atoms with Gasteiger partial charge in [-0.15, -0.1) is 0 Å². The van der Waals surface area contributed by atoms with Crippen LogP contribution in [0.5, 0.6) is 0 Å². The quantitative estimate of drug-likeness (QED) is 0.316. The van der Waals surface area contributed by atoms with Crippen molar-refractivity contribution in [2.24, 2.45) is 5.84 Å². The molecule has 1 fully saturated rings. The summed E-state index contributed by atoms with van der Waals surface area (Å²) in [6, 6.07) is 0. The van der Waals surface area contributed by atoms with Crippen molar-refractivity contribution in [3.8, 4) is 0 Å². The lowest BCUT2D eigenvalue weighted by atomic mass is 10.2. The predicted molar refractivity (Wildman–Crippen MR) is 65.0 cm³/mol. The first-order valence-electron chi connectivity index (χ1n) is 5.61. The van der Waals surface area contributed by atoms with Gasteiger partial charge in [-0.2, -0.15) is 0 Å². The number of rotatable bonds is 6. The first kappa shape index (κ1) is 14.0. The number of hydrogen-bond acceptors (Lipinski definition) is 5. The molecule has 1 aliphatic rings. The topological polar surface area (TPSA) is 92.5 Å². The van der Waals surface area contributed by atoms with Crippen molar-refractivity contribution in [2.75, 3.05) is 12.3 Å². The molecule has 0 aromatic rings. The summed E-state index contributed by atoms with van der Waals surface area (Å²) in [5, 5.41) is -0.152. The largest absolute Gasteiger partial charge is 0.294 e. The van der Waals surface area contributed by atoms with Crippen LogP contribution in [0.15, 0.2) is 0 Å². The zero-order valence-electron chi connectivity index (χ0n) is 9.61. The van der Waals surface area contributed by atoms with Crippen LogP contribution in [0, 0.1) is 0 Å². The SMILES string of the molecule is NNC(=O)CCCCCN1C(=O)CCSC1=O. The van der Waals surface area contributed by atoms with E-state index in [0.29, 0.717) is 31.6 Å². The maximum Gasteiger partial charge on any atom is 0.288 e. The van der Waals surface area contributed by atoms with Crippen molar-refractivity contribution in [3.63, 3.8) is 0 Å². The van der Waals surface area contributed by atoms with Crippen LogP contribution in [0.1, 0.15) is 32.1 Å². The Bertz CT molecular complexity index is 293. The molecule has 0 radical (unpaired) electrons. The number of nitrogens with two attached hydrogens (primary N) is 1. The minimum atomic E-state index is -0.189. The second kappa shape index (κ2) is 7.29. The Labute approximate surface area is 104 Å². The number of hydrogen-bond donors (Lipinski definition) is 2. The van der Waals surface area contributed by atoms with E-state index >= 15 is 0 Å². The van der Waals surface area contributed by atoms with Gasteiger partial charge in [-0.1, -0.05) is 18.2 Å². The summed E-state index contributed by atoms with van der Waals surface area (Å²) < 4.78 is 0. The van der Waals surface area contributed by atoms with Gasteiger partial charge in [-0.05, 0) is 12.8 Å². The number of imide groups is 1. The van der Waals surface area contributed by atoms with Crippen LogP contribution in [-0.4, -0.2) is 34.3 Å². The number of carbonyl (C=O) groups is 3. The smallest absolute Gasteiger partial charge is 0.288 e. The summed E-state index contributed by atoms with van der Waals surface area (Å²) in [4.78, 5) is 35.0. The monoisotopic (exact) mass is 259 g/mol. The second-order valence-corrected chi connectivity index (χ2v) is 4.83. The van der Waals surface area contributed by atoms with Crippen molar-refractivity contribution in [1.82, 2.24) is 10.3 Å². The Balaban J connectivity index is 2.15. The third-order valence-corrected chi connectivity index (χ3v) is 3.39. The fourth-order valence-electron chi connectivity index (χ4n) is 1.56. The van der Waals surface area contributed by atoms with Crippen molar-refractivity contribution in [1.29, 1.82) is 0 Å². The van der Waals surface area contributed by atoms with Crippen molar-refractivity contribution in [3.05, 3.63) is 0 Å². The Kier molecular flexibility index (Phi) is 5.99. The van der Waals surface area contributed by atoms with E-state index in [0.717, 1.165) is 12.8 Å². The van der Waals surface area contributed by atoms with Gasteiger partial charge in [0.1, 0.15) is 0 Å². The van der Waals surface area contributed by atoms with Gasteiger partial charge in [0.05, 0.1) is 0 Å². The minimum absolute atomic E-state index is 0.0894. The number of unbranched alkanes of at least 4 members (excludes halogenated alkanes) is 2. The zero-order valence-corrected chi connectivity index (χ0v) is 10.4. The molecule has 0 aromatic heterocycles. The van der Waals surface area contributed by atoms with E-state index in [1.807, 2.05) is 0 Å². The molecule has 7 heteroatoms. The van der Waals surface area contributed by atoms with Gasteiger partial charge in [-0.25, -0.2) is 5.84 Å². The number of carbonyl (C=O) groups excluding carboxylic acids is 3. The first-order valence-corrected chi connectivity index (χ1v) is 6.60. The van der Waals surface area contributed by atoms with Crippen LogP contribution in [-0.2, 0) is 9.59 Å². The number of nitrogens with zero attached hydrogens (tertiary/aromatic N) is 1. The van der Waals surface area contributed by atoms with Crippen molar-refractivity contribution in [2.45, 2.75) is 32.1 Å². The maximum absolute atomic E-state index is 11.4. The molecule has 6 nitrogen and oxygen atoms in total. The fourth-order valence-corrected chi connectivity index (χ4v) is 2.36. The zero-order chi connectivity index (χ0) is 12.7. The van der Waals surface area contributed by atoms with Gasteiger partial charge in [-0.3, -0.25) is 24.7 Å². The van der Waals surface area contributed by atoms with E-state index in [4.69, 9.17) is 5.84 Å². The summed E-state index contributed by atoms with van der Waals surface area (Å²) >= 11 is 1.19. The molecule has 3 amide bonds. The Morgan fingerprint density at radius 3 is 2.76 bits per heavy atom. The highest BCUT2D eigenvalue weighted by Gasteiger charge is 2.25. The normalized spacial score (nSPS) is 16.2. The van der Waals surface area contributed by atoms with Gasteiger partial charge in [0.15, 0.2) is 0 Å².